The third-order valence-electron chi connectivity index (χ3n) is 2.79. The molecule has 1 aromatic heterocycles. The molecule has 0 radical (unpaired) electrons. The minimum atomic E-state index is -1.33. The van der Waals surface area contributed by atoms with Crippen LogP contribution < -0.4 is 5.32 Å². The minimum Gasteiger partial charge on any atom is -0.378 e. The van der Waals surface area contributed by atoms with Crippen LogP contribution in [0, 0.1) is 0 Å². The molecular formula is C13H14Cl2N4O2. The Morgan fingerprint density at radius 3 is 2.43 bits per heavy atom. The Hall–Kier alpha value is -1.63. The zero-order valence-corrected chi connectivity index (χ0v) is 12.7. The van der Waals surface area contributed by atoms with Crippen LogP contribution in [0.1, 0.15) is 18.6 Å². The lowest BCUT2D eigenvalue weighted by Gasteiger charge is -2.17. The van der Waals surface area contributed by atoms with Crippen molar-refractivity contribution < 1.29 is 9.90 Å². The molecule has 6 nitrogen and oxygen atoms in total. The average molecular weight is 329 g/mol. The van der Waals surface area contributed by atoms with Crippen LogP contribution in [-0.2, 0) is 11.3 Å². The molecule has 2 aromatic rings. The Balaban J connectivity index is 1.98. The maximum atomic E-state index is 12.0. The van der Waals surface area contributed by atoms with Gasteiger partial charge in [0.05, 0.1) is 0 Å². The lowest BCUT2D eigenvalue weighted by atomic mass is 10.1. The van der Waals surface area contributed by atoms with Gasteiger partial charge in [0.1, 0.15) is 12.7 Å². The van der Waals surface area contributed by atoms with Gasteiger partial charge in [0, 0.05) is 22.6 Å². The first-order valence-corrected chi connectivity index (χ1v) is 6.98. The van der Waals surface area contributed by atoms with E-state index in [1.807, 2.05) is 6.92 Å². The van der Waals surface area contributed by atoms with E-state index in [0.717, 1.165) is 0 Å². The Morgan fingerprint density at radius 1 is 1.29 bits per heavy atom. The number of nitrogens with zero attached hydrogens (tertiary/aromatic N) is 3. The van der Waals surface area contributed by atoms with Gasteiger partial charge in [-0.05, 0) is 30.7 Å². The van der Waals surface area contributed by atoms with Crippen molar-refractivity contribution in [2.75, 3.05) is 0 Å². The summed E-state index contributed by atoms with van der Waals surface area (Å²) < 4.78 is 1.73. The van der Waals surface area contributed by atoms with Crippen molar-refractivity contribution in [2.24, 2.45) is 0 Å². The lowest BCUT2D eigenvalue weighted by Crippen LogP contribution is -2.38. The Labute approximate surface area is 131 Å². The Morgan fingerprint density at radius 2 is 1.86 bits per heavy atom. The summed E-state index contributed by atoms with van der Waals surface area (Å²) in [5, 5.41) is 20.8. The zero-order valence-electron chi connectivity index (χ0n) is 11.2. The van der Waals surface area contributed by atoms with E-state index in [4.69, 9.17) is 23.2 Å². The second kappa shape index (κ2) is 6.89. The normalized spacial score (nSPS) is 13.7. The van der Waals surface area contributed by atoms with Crippen molar-refractivity contribution in [1.29, 1.82) is 0 Å². The molecular weight excluding hydrogens is 315 g/mol. The quantitative estimate of drug-likeness (QED) is 0.877. The predicted molar refractivity (Wildman–Crippen MR) is 79.0 cm³/mol. The van der Waals surface area contributed by atoms with E-state index in [0.29, 0.717) is 22.2 Å². The van der Waals surface area contributed by atoms with Crippen LogP contribution in [0.4, 0.5) is 0 Å². The van der Waals surface area contributed by atoms with Crippen LogP contribution in [0.15, 0.2) is 30.9 Å². The molecule has 0 unspecified atom stereocenters. The fourth-order valence-corrected chi connectivity index (χ4v) is 2.43. The number of nitrogens with one attached hydrogen (secondary N) is 1. The minimum absolute atomic E-state index is 0.196. The molecule has 0 fully saturated rings. The van der Waals surface area contributed by atoms with Gasteiger partial charge in [0.25, 0.3) is 5.91 Å². The molecule has 0 aliphatic rings. The molecule has 0 aliphatic carbocycles. The predicted octanol–water partition coefficient (Wildman–Crippen LogP) is 1.82. The highest BCUT2D eigenvalue weighted by atomic mass is 35.5. The molecule has 2 rings (SSSR count). The van der Waals surface area contributed by atoms with Gasteiger partial charge in [-0.1, -0.05) is 23.2 Å². The van der Waals surface area contributed by atoms with Crippen LogP contribution in [-0.4, -0.2) is 31.8 Å². The molecule has 0 spiro atoms. The second-order valence-corrected chi connectivity index (χ2v) is 5.55. The van der Waals surface area contributed by atoms with E-state index in [-0.39, 0.29) is 6.04 Å². The van der Waals surface area contributed by atoms with Gasteiger partial charge in [0.2, 0.25) is 0 Å². The molecule has 112 valence electrons. The van der Waals surface area contributed by atoms with Gasteiger partial charge in [-0.15, -0.1) is 10.2 Å². The first-order valence-electron chi connectivity index (χ1n) is 6.22. The summed E-state index contributed by atoms with van der Waals surface area (Å²) in [5.41, 5.74) is 0.349. The fourth-order valence-electron chi connectivity index (χ4n) is 1.88. The van der Waals surface area contributed by atoms with Crippen LogP contribution in [0.25, 0.3) is 0 Å². The summed E-state index contributed by atoms with van der Waals surface area (Å²) in [6, 6.07) is 4.34. The molecule has 0 saturated carbocycles. The number of rotatable bonds is 5. The molecule has 1 aromatic carbocycles. The summed E-state index contributed by atoms with van der Waals surface area (Å²) in [4.78, 5) is 12.0. The summed E-state index contributed by atoms with van der Waals surface area (Å²) in [6.07, 6.45) is 1.77. The first kappa shape index (κ1) is 15.8. The number of amides is 1. The zero-order chi connectivity index (χ0) is 15.4. The van der Waals surface area contributed by atoms with E-state index in [9.17, 15) is 9.90 Å². The number of aliphatic hydroxyl groups is 1. The molecule has 0 aliphatic heterocycles. The summed E-state index contributed by atoms with van der Waals surface area (Å²) in [7, 11) is 0. The van der Waals surface area contributed by atoms with E-state index < -0.39 is 12.0 Å². The third kappa shape index (κ3) is 4.42. The Bertz CT molecular complexity index is 598. The highest BCUT2D eigenvalue weighted by molar-refractivity contribution is 6.34. The smallest absolute Gasteiger partial charge is 0.253 e. The van der Waals surface area contributed by atoms with Crippen LogP contribution in [0.2, 0.25) is 10.0 Å². The molecule has 8 heteroatoms. The number of carbonyl (C=O) groups excluding carboxylic acids is 1. The highest BCUT2D eigenvalue weighted by Crippen LogP contribution is 2.23. The number of hydrogen-bond donors (Lipinski definition) is 2. The molecule has 1 amide bonds. The number of halogens is 2. The highest BCUT2D eigenvalue weighted by Gasteiger charge is 2.20. The van der Waals surface area contributed by atoms with Gasteiger partial charge in [-0.2, -0.15) is 0 Å². The van der Waals surface area contributed by atoms with Gasteiger partial charge in [-0.3, -0.25) is 4.79 Å². The SMILES string of the molecule is C[C@H](Cn1cnnc1)NC(=O)[C@@H](O)c1cc(Cl)cc(Cl)c1. The Kier molecular flexibility index (Phi) is 5.17. The van der Waals surface area contributed by atoms with Crippen LogP contribution in [0.3, 0.4) is 0 Å². The lowest BCUT2D eigenvalue weighted by molar-refractivity contribution is -0.130. The van der Waals surface area contributed by atoms with E-state index in [2.05, 4.69) is 15.5 Å². The van der Waals surface area contributed by atoms with Crippen LogP contribution >= 0.6 is 23.2 Å². The van der Waals surface area contributed by atoms with Crippen molar-refractivity contribution in [3.8, 4) is 0 Å². The maximum Gasteiger partial charge on any atom is 0.253 e. The van der Waals surface area contributed by atoms with Gasteiger partial charge < -0.3 is 15.0 Å². The van der Waals surface area contributed by atoms with E-state index in [1.165, 1.54) is 18.2 Å². The van der Waals surface area contributed by atoms with Crippen molar-refractivity contribution >= 4 is 29.1 Å². The van der Waals surface area contributed by atoms with Crippen molar-refractivity contribution in [2.45, 2.75) is 25.6 Å². The maximum absolute atomic E-state index is 12.0. The second-order valence-electron chi connectivity index (χ2n) is 4.67. The van der Waals surface area contributed by atoms with Gasteiger partial charge in [0.15, 0.2) is 6.10 Å². The van der Waals surface area contributed by atoms with Gasteiger partial charge in [-0.25, -0.2) is 0 Å². The number of aliphatic hydroxyl groups excluding tert-OH is 1. The topological polar surface area (TPSA) is 80.0 Å². The first-order chi connectivity index (χ1) is 9.95. The molecule has 21 heavy (non-hydrogen) atoms. The summed E-state index contributed by atoms with van der Waals surface area (Å²) in [6.45, 7) is 2.32. The standard InChI is InChI=1S/C13H14Cl2N4O2/c1-8(5-19-6-16-17-7-19)18-13(21)12(20)9-2-10(14)4-11(15)3-9/h2-4,6-8,12,20H,5H2,1H3,(H,18,21)/t8-,12+/m1/s1. The fraction of sp³-hybridized carbons (Fsp3) is 0.308. The van der Waals surface area contributed by atoms with Crippen molar-refractivity contribution in [3.05, 3.63) is 46.5 Å². The van der Waals surface area contributed by atoms with E-state index >= 15 is 0 Å². The number of hydrogen-bond acceptors (Lipinski definition) is 4. The van der Waals surface area contributed by atoms with Crippen molar-refractivity contribution in [3.63, 3.8) is 0 Å². The number of benzene rings is 1. The molecule has 2 atom stereocenters. The molecule has 1 heterocycles. The summed E-state index contributed by atoms with van der Waals surface area (Å²) in [5.74, 6) is -0.520. The molecule has 0 bridgehead atoms. The monoisotopic (exact) mass is 328 g/mol. The average Bonchev–Trinajstić information content (AvgIpc) is 2.89. The number of aromatic nitrogens is 3. The van der Waals surface area contributed by atoms with E-state index in [1.54, 1.807) is 17.2 Å². The summed E-state index contributed by atoms with van der Waals surface area (Å²) >= 11 is 11.7. The van der Waals surface area contributed by atoms with Crippen molar-refractivity contribution in [1.82, 2.24) is 20.1 Å². The van der Waals surface area contributed by atoms with Crippen LogP contribution in [0.5, 0.6) is 0 Å². The molecule has 0 saturated heterocycles. The van der Waals surface area contributed by atoms with Gasteiger partial charge >= 0.3 is 0 Å². The third-order valence-corrected chi connectivity index (χ3v) is 3.23. The largest absolute Gasteiger partial charge is 0.378 e. The molecule has 2 N–H and O–H groups in total. The number of carbonyl (C=O) groups is 1.